The van der Waals surface area contributed by atoms with Gasteiger partial charge in [0.2, 0.25) is 0 Å². The van der Waals surface area contributed by atoms with Gasteiger partial charge in [-0.1, -0.05) is 20.8 Å². The number of carbonyl (C=O) groups is 2. The summed E-state index contributed by atoms with van der Waals surface area (Å²) in [4.78, 5) is 26.0. The van der Waals surface area contributed by atoms with Gasteiger partial charge in [-0.3, -0.25) is 4.90 Å². The van der Waals surface area contributed by atoms with E-state index >= 15 is 0 Å². The molecular weight excluding hydrogens is 326 g/mol. The average Bonchev–Trinajstić information content (AvgIpc) is 2.77. The van der Waals surface area contributed by atoms with Gasteiger partial charge in [0.1, 0.15) is 11.6 Å². The lowest BCUT2D eigenvalue weighted by Crippen LogP contribution is -2.45. The molecule has 0 spiro atoms. The van der Waals surface area contributed by atoms with Crippen LogP contribution in [-0.2, 0) is 18.7 Å². The van der Waals surface area contributed by atoms with Gasteiger partial charge < -0.3 is 13.9 Å². The van der Waals surface area contributed by atoms with Gasteiger partial charge in [0, 0.05) is 13.0 Å². The summed E-state index contributed by atoms with van der Waals surface area (Å²) in [5, 5.41) is 0.0626. The molecule has 0 saturated carbocycles. The Balaban J connectivity index is 2.92. The Morgan fingerprint density at radius 1 is 1.08 bits per heavy atom. The molecule has 0 radical (unpaired) electrons. The second kappa shape index (κ2) is 7.04. The highest BCUT2D eigenvalue weighted by Crippen LogP contribution is 2.39. The third-order valence-corrected chi connectivity index (χ3v) is 9.17. The smallest absolute Gasteiger partial charge is 0.411 e. The standard InChI is InChI=1S/C17H33NO5Si/c1-16(2,3)22-15(20)18-11-12(10-13(18)14(19)21-7)23-24(8,9)17(4,5)6/h12-13H,10-11H2,1-9H3/t12-,13-/m0/s1. The molecule has 24 heavy (non-hydrogen) atoms. The molecule has 6 nitrogen and oxygen atoms in total. The van der Waals surface area contributed by atoms with E-state index in [-0.39, 0.29) is 11.1 Å². The van der Waals surface area contributed by atoms with E-state index in [0.29, 0.717) is 13.0 Å². The molecule has 1 aliphatic heterocycles. The number of carbonyl (C=O) groups excluding carboxylic acids is 2. The van der Waals surface area contributed by atoms with Crippen molar-refractivity contribution in [1.82, 2.24) is 4.90 Å². The zero-order valence-electron chi connectivity index (χ0n) is 16.6. The predicted octanol–water partition coefficient (Wildman–Crippen LogP) is 3.56. The second-order valence-electron chi connectivity index (χ2n) is 8.91. The van der Waals surface area contributed by atoms with Crippen molar-refractivity contribution in [3.05, 3.63) is 0 Å². The van der Waals surface area contributed by atoms with Crippen molar-refractivity contribution in [2.24, 2.45) is 0 Å². The van der Waals surface area contributed by atoms with Crippen LogP contribution in [0.15, 0.2) is 0 Å². The molecule has 1 rings (SSSR count). The minimum atomic E-state index is -1.99. The van der Waals surface area contributed by atoms with Crippen LogP contribution in [0.25, 0.3) is 0 Å². The first-order valence-corrected chi connectivity index (χ1v) is 11.3. The lowest BCUT2D eigenvalue weighted by molar-refractivity contribution is -0.145. The molecule has 0 aliphatic carbocycles. The fourth-order valence-electron chi connectivity index (χ4n) is 2.36. The van der Waals surface area contributed by atoms with Crippen molar-refractivity contribution in [3.63, 3.8) is 0 Å². The molecule has 0 bridgehead atoms. The Hall–Kier alpha value is -1.08. The van der Waals surface area contributed by atoms with E-state index < -0.39 is 32.0 Å². The van der Waals surface area contributed by atoms with E-state index in [1.165, 1.54) is 12.0 Å². The normalized spacial score (nSPS) is 22.5. The zero-order chi connectivity index (χ0) is 18.9. The summed E-state index contributed by atoms with van der Waals surface area (Å²) in [6, 6.07) is -0.653. The molecule has 0 unspecified atom stereocenters. The Bertz CT molecular complexity index is 478. The number of methoxy groups -OCH3 is 1. The van der Waals surface area contributed by atoms with Gasteiger partial charge in [0.15, 0.2) is 8.32 Å². The predicted molar refractivity (Wildman–Crippen MR) is 95.4 cm³/mol. The molecule has 7 heteroatoms. The number of ether oxygens (including phenoxy) is 2. The number of esters is 1. The molecule has 1 fully saturated rings. The van der Waals surface area contributed by atoms with Gasteiger partial charge in [-0.2, -0.15) is 0 Å². The van der Waals surface area contributed by atoms with E-state index in [4.69, 9.17) is 13.9 Å². The van der Waals surface area contributed by atoms with Crippen LogP contribution in [0.5, 0.6) is 0 Å². The number of amides is 1. The lowest BCUT2D eigenvalue weighted by atomic mass is 10.2. The highest BCUT2D eigenvalue weighted by molar-refractivity contribution is 6.74. The van der Waals surface area contributed by atoms with Gasteiger partial charge in [0.25, 0.3) is 0 Å². The number of likely N-dealkylation sites (tertiary alicyclic amines) is 1. The molecule has 1 heterocycles. The summed E-state index contributed by atoms with van der Waals surface area (Å²) in [6.45, 7) is 16.6. The monoisotopic (exact) mass is 359 g/mol. The van der Waals surface area contributed by atoms with Gasteiger partial charge in [0.05, 0.1) is 13.2 Å². The topological polar surface area (TPSA) is 65.1 Å². The number of nitrogens with zero attached hydrogens (tertiary/aromatic N) is 1. The first kappa shape index (κ1) is 21.0. The average molecular weight is 360 g/mol. The summed E-state index contributed by atoms with van der Waals surface area (Å²) in [7, 11) is -0.656. The van der Waals surface area contributed by atoms with Crippen molar-refractivity contribution in [1.29, 1.82) is 0 Å². The minimum absolute atomic E-state index is 0.0626. The maximum absolute atomic E-state index is 12.5. The summed E-state index contributed by atoms with van der Waals surface area (Å²) in [5.74, 6) is -0.429. The third-order valence-electron chi connectivity index (χ3n) is 4.63. The maximum Gasteiger partial charge on any atom is 0.411 e. The van der Waals surface area contributed by atoms with Crippen molar-refractivity contribution < 1.29 is 23.5 Å². The number of hydrogen-bond donors (Lipinski definition) is 0. The summed E-state index contributed by atoms with van der Waals surface area (Å²) < 4.78 is 16.7. The van der Waals surface area contributed by atoms with Crippen LogP contribution >= 0.6 is 0 Å². The number of hydrogen-bond acceptors (Lipinski definition) is 5. The Labute approximate surface area is 147 Å². The summed E-state index contributed by atoms with van der Waals surface area (Å²) >= 11 is 0. The van der Waals surface area contributed by atoms with E-state index in [1.54, 1.807) is 20.8 Å². The van der Waals surface area contributed by atoms with Crippen LogP contribution in [0.4, 0.5) is 4.79 Å². The van der Waals surface area contributed by atoms with E-state index in [1.807, 2.05) is 0 Å². The van der Waals surface area contributed by atoms with Crippen molar-refractivity contribution in [3.8, 4) is 0 Å². The van der Waals surface area contributed by atoms with Crippen molar-refractivity contribution >= 4 is 20.4 Å². The minimum Gasteiger partial charge on any atom is -0.467 e. The molecule has 0 aromatic rings. The van der Waals surface area contributed by atoms with Gasteiger partial charge in [-0.25, -0.2) is 9.59 Å². The summed E-state index contributed by atoms with van der Waals surface area (Å²) in [5.41, 5.74) is -0.615. The fraction of sp³-hybridized carbons (Fsp3) is 0.882. The molecular formula is C17H33NO5Si. The van der Waals surface area contributed by atoms with Crippen LogP contribution in [0.3, 0.4) is 0 Å². The van der Waals surface area contributed by atoms with Crippen LogP contribution in [0.1, 0.15) is 48.0 Å². The van der Waals surface area contributed by atoms with Gasteiger partial charge in [-0.15, -0.1) is 0 Å². The van der Waals surface area contributed by atoms with Crippen molar-refractivity contribution in [2.75, 3.05) is 13.7 Å². The van der Waals surface area contributed by atoms with Gasteiger partial charge >= 0.3 is 12.1 Å². The quantitative estimate of drug-likeness (QED) is 0.569. The number of rotatable bonds is 3. The van der Waals surface area contributed by atoms with Crippen LogP contribution in [0.2, 0.25) is 18.1 Å². The third kappa shape index (κ3) is 5.21. The van der Waals surface area contributed by atoms with E-state index in [9.17, 15) is 9.59 Å². The summed E-state index contributed by atoms with van der Waals surface area (Å²) in [6.07, 6.45) is -0.236. The highest BCUT2D eigenvalue weighted by Gasteiger charge is 2.46. The first-order chi connectivity index (χ1) is 10.7. The zero-order valence-corrected chi connectivity index (χ0v) is 17.6. The van der Waals surface area contributed by atoms with Crippen molar-refractivity contribution in [2.45, 2.75) is 83.8 Å². The SMILES string of the molecule is COC(=O)[C@@H]1C[C@H](O[Si](C)(C)C(C)(C)C)CN1C(=O)OC(C)(C)C. The fourth-order valence-corrected chi connectivity index (χ4v) is 3.72. The Morgan fingerprint density at radius 3 is 2.04 bits per heavy atom. The van der Waals surface area contributed by atoms with E-state index in [0.717, 1.165) is 0 Å². The molecule has 2 atom stereocenters. The Morgan fingerprint density at radius 2 is 1.62 bits per heavy atom. The second-order valence-corrected chi connectivity index (χ2v) is 13.7. The molecule has 1 saturated heterocycles. The molecule has 1 aliphatic rings. The highest BCUT2D eigenvalue weighted by atomic mass is 28.4. The molecule has 1 amide bonds. The Kier molecular flexibility index (Phi) is 6.14. The molecule has 0 N–H and O–H groups in total. The van der Waals surface area contributed by atoms with Crippen LogP contribution in [0, 0.1) is 0 Å². The van der Waals surface area contributed by atoms with Gasteiger partial charge in [-0.05, 0) is 38.9 Å². The maximum atomic E-state index is 12.5. The van der Waals surface area contributed by atoms with Crippen LogP contribution in [-0.4, -0.2) is 56.7 Å². The molecule has 0 aromatic heterocycles. The molecule has 0 aromatic carbocycles. The lowest BCUT2D eigenvalue weighted by Gasteiger charge is -2.38. The largest absolute Gasteiger partial charge is 0.467 e. The van der Waals surface area contributed by atoms with Crippen LogP contribution < -0.4 is 0 Å². The first-order valence-electron chi connectivity index (χ1n) is 8.43. The van der Waals surface area contributed by atoms with E-state index in [2.05, 4.69) is 33.9 Å². The molecule has 140 valence electrons.